The molecule has 1 N–H and O–H groups in total. The lowest BCUT2D eigenvalue weighted by Gasteiger charge is -2.57. The van der Waals surface area contributed by atoms with Gasteiger partial charge in [-0.2, -0.15) is 0 Å². The summed E-state index contributed by atoms with van der Waals surface area (Å²) in [5.74, 6) is 5.07. The predicted octanol–water partition coefficient (Wildman–Crippen LogP) is 8.75. The first-order chi connectivity index (χ1) is 21.3. The molecule has 0 aromatic heterocycles. The Kier molecular flexibility index (Phi) is 6.99. The van der Waals surface area contributed by atoms with Gasteiger partial charge >= 0.3 is 0 Å². The highest BCUT2D eigenvalue weighted by Gasteiger charge is 2.62. The van der Waals surface area contributed by atoms with Crippen LogP contribution in [-0.4, -0.2) is 28.1 Å². The van der Waals surface area contributed by atoms with Crippen LogP contribution in [0.25, 0.3) is 0 Å². The molecule has 6 saturated carbocycles. The zero-order chi connectivity index (χ0) is 31.6. The third-order valence-electron chi connectivity index (χ3n) is 17.0. The number of aliphatic hydroxyl groups is 1. The van der Waals surface area contributed by atoms with Crippen LogP contribution in [0.3, 0.4) is 0 Å². The Morgan fingerprint density at radius 2 is 1.42 bits per heavy atom. The maximum absolute atomic E-state index is 13.7. The van der Waals surface area contributed by atoms with Gasteiger partial charge < -0.3 is 5.11 Å². The van der Waals surface area contributed by atoms with E-state index < -0.39 is 5.60 Å². The number of ketones is 3. The van der Waals surface area contributed by atoms with Crippen LogP contribution in [0.15, 0.2) is 23.3 Å². The van der Waals surface area contributed by atoms with Crippen molar-refractivity contribution in [3.8, 4) is 0 Å². The summed E-state index contributed by atoms with van der Waals surface area (Å²) >= 11 is 0. The molecule has 8 aliphatic rings. The Labute approximate surface area is 271 Å². The summed E-state index contributed by atoms with van der Waals surface area (Å²) < 4.78 is 0. The molecule has 0 heterocycles. The van der Waals surface area contributed by atoms with E-state index in [-0.39, 0.29) is 21.7 Å². The molecule has 12 atom stereocenters. The van der Waals surface area contributed by atoms with Gasteiger partial charge in [0.25, 0.3) is 0 Å². The van der Waals surface area contributed by atoms with Crippen LogP contribution in [0.1, 0.15) is 143 Å². The molecule has 8 rings (SSSR count). The fraction of sp³-hybridized carbons (Fsp3) is 0.829. The van der Waals surface area contributed by atoms with Gasteiger partial charge in [-0.15, -0.1) is 0 Å². The van der Waals surface area contributed by atoms with Gasteiger partial charge in [-0.25, -0.2) is 0 Å². The second-order valence-electron chi connectivity index (χ2n) is 18.7. The van der Waals surface area contributed by atoms with E-state index in [4.69, 9.17) is 0 Å². The predicted molar refractivity (Wildman–Crippen MR) is 176 cm³/mol. The average molecular weight is 615 g/mol. The first-order valence-corrected chi connectivity index (χ1v) is 19.0. The smallest absolute Gasteiger partial charge is 0.139 e. The number of hydrogen-bond acceptors (Lipinski definition) is 4. The van der Waals surface area contributed by atoms with E-state index in [1.165, 1.54) is 17.6 Å². The van der Waals surface area contributed by atoms with Gasteiger partial charge in [0.2, 0.25) is 0 Å². The van der Waals surface area contributed by atoms with Crippen LogP contribution < -0.4 is 0 Å². The molecule has 4 nitrogen and oxygen atoms in total. The van der Waals surface area contributed by atoms with Gasteiger partial charge in [-0.05, 0) is 142 Å². The van der Waals surface area contributed by atoms with Crippen molar-refractivity contribution in [2.45, 2.75) is 149 Å². The molecular weight excluding hydrogens is 556 g/mol. The molecule has 0 bridgehead atoms. The van der Waals surface area contributed by atoms with Crippen molar-refractivity contribution in [2.24, 2.45) is 63.1 Å². The van der Waals surface area contributed by atoms with Crippen molar-refractivity contribution in [3.05, 3.63) is 23.3 Å². The summed E-state index contributed by atoms with van der Waals surface area (Å²) in [7, 11) is 0. The standard InChI is InChI=1S/C41H58O4/c1-37-16-13-28(42)23-26(37)8-9-30-33(37)15-18-40(4)35(44)22-25(36(30)40)12-19-41(45)21-20-38(2)27(24-41)6-5-7-29-31-10-11-34(43)39(31,3)17-14-32(29)38/h6,8,25,29-33,36,45H,5,7,9-24H2,1-4H3/t25?,29-,30-,31+,32+,33+,36+,37+,38+,39+,40-,41+/m1/s1. The molecule has 4 heteroatoms. The molecule has 0 saturated heterocycles. The molecule has 0 aliphatic heterocycles. The highest BCUT2D eigenvalue weighted by atomic mass is 16.3. The molecule has 0 spiro atoms. The third kappa shape index (κ3) is 4.34. The maximum atomic E-state index is 13.7. The van der Waals surface area contributed by atoms with E-state index >= 15 is 0 Å². The monoisotopic (exact) mass is 614 g/mol. The van der Waals surface area contributed by atoms with E-state index in [0.717, 1.165) is 89.9 Å². The number of rotatable bonds is 3. The maximum Gasteiger partial charge on any atom is 0.139 e. The summed E-state index contributed by atoms with van der Waals surface area (Å²) in [6, 6.07) is 0. The van der Waals surface area contributed by atoms with Crippen molar-refractivity contribution >= 4 is 17.3 Å². The van der Waals surface area contributed by atoms with Crippen LogP contribution in [0.5, 0.6) is 0 Å². The minimum absolute atomic E-state index is 0.0930. The summed E-state index contributed by atoms with van der Waals surface area (Å²) in [4.78, 5) is 39.0. The number of carbonyl (C=O) groups excluding carboxylic acids is 3. The van der Waals surface area contributed by atoms with Gasteiger partial charge in [-0.1, -0.05) is 51.0 Å². The minimum Gasteiger partial charge on any atom is -0.390 e. The SMILES string of the molecule is C[C@]12CCC(=O)CC1=CC[C@@H]1[C@@H]2CC[C@]2(C)C(=O)CC(CC[C@]3(O)CC[C@@]4(C)C(=CCC[C@H]5[C@@H]4CC[C@]4(C)C(=O)CC[C@@H]54)C3)[C@@H]12. The Morgan fingerprint density at radius 3 is 2.22 bits per heavy atom. The Bertz CT molecular complexity index is 1370. The Morgan fingerprint density at radius 1 is 0.711 bits per heavy atom. The molecule has 246 valence electrons. The zero-order valence-corrected chi connectivity index (χ0v) is 28.6. The lowest BCUT2D eigenvalue weighted by molar-refractivity contribution is -0.133. The first kappa shape index (κ1) is 30.8. The molecule has 0 amide bonds. The summed E-state index contributed by atoms with van der Waals surface area (Å²) in [5, 5.41) is 12.3. The largest absolute Gasteiger partial charge is 0.390 e. The van der Waals surface area contributed by atoms with Crippen LogP contribution in [0, 0.1) is 63.1 Å². The lowest BCUT2D eigenvalue weighted by Crippen LogP contribution is -2.51. The van der Waals surface area contributed by atoms with Crippen LogP contribution in [-0.2, 0) is 14.4 Å². The van der Waals surface area contributed by atoms with Gasteiger partial charge in [-0.3, -0.25) is 14.4 Å². The van der Waals surface area contributed by atoms with E-state index in [1.807, 2.05) is 0 Å². The van der Waals surface area contributed by atoms with E-state index in [9.17, 15) is 19.5 Å². The summed E-state index contributed by atoms with van der Waals surface area (Å²) in [6.07, 6.45) is 21.9. The van der Waals surface area contributed by atoms with E-state index in [1.54, 1.807) is 0 Å². The second kappa shape index (κ2) is 10.2. The van der Waals surface area contributed by atoms with Crippen molar-refractivity contribution < 1.29 is 19.5 Å². The van der Waals surface area contributed by atoms with Gasteiger partial charge in [0.1, 0.15) is 17.3 Å². The fourth-order valence-corrected chi connectivity index (χ4v) is 14.2. The molecule has 0 aromatic carbocycles. The zero-order valence-electron chi connectivity index (χ0n) is 28.6. The molecule has 0 radical (unpaired) electrons. The van der Waals surface area contributed by atoms with Gasteiger partial charge in [0.15, 0.2) is 0 Å². The first-order valence-electron chi connectivity index (χ1n) is 19.0. The van der Waals surface area contributed by atoms with Crippen molar-refractivity contribution in [3.63, 3.8) is 0 Å². The van der Waals surface area contributed by atoms with Crippen LogP contribution >= 0.6 is 0 Å². The van der Waals surface area contributed by atoms with Crippen molar-refractivity contribution in [1.29, 1.82) is 0 Å². The summed E-state index contributed by atoms with van der Waals surface area (Å²) in [6.45, 7) is 9.49. The van der Waals surface area contributed by atoms with Crippen LogP contribution in [0.4, 0.5) is 0 Å². The normalized spacial score (nSPS) is 52.4. The third-order valence-corrected chi connectivity index (χ3v) is 17.0. The number of fused-ring (bicyclic) bond motifs is 10. The van der Waals surface area contributed by atoms with E-state index in [0.29, 0.717) is 78.0 Å². The summed E-state index contributed by atoms with van der Waals surface area (Å²) in [5.41, 5.74) is 2.17. The topological polar surface area (TPSA) is 71.4 Å². The van der Waals surface area contributed by atoms with E-state index in [2.05, 4.69) is 39.8 Å². The lowest BCUT2D eigenvalue weighted by atomic mass is 9.47. The molecule has 1 unspecified atom stereocenters. The second-order valence-corrected chi connectivity index (χ2v) is 18.7. The number of hydrogen-bond donors (Lipinski definition) is 1. The molecule has 0 aromatic rings. The quantitative estimate of drug-likeness (QED) is 0.323. The minimum atomic E-state index is -0.677. The number of allylic oxidation sites excluding steroid dienone is 3. The highest BCUT2D eigenvalue weighted by Crippen LogP contribution is 2.67. The van der Waals surface area contributed by atoms with Crippen molar-refractivity contribution in [1.82, 2.24) is 0 Å². The number of Topliss-reactive ketones (excluding diaryl/α,β-unsaturated/α-hetero) is 3. The average Bonchev–Trinajstić information content (AvgIpc) is 3.39. The van der Waals surface area contributed by atoms with Crippen LogP contribution in [0.2, 0.25) is 0 Å². The Hall–Kier alpha value is -1.55. The molecule has 45 heavy (non-hydrogen) atoms. The molecule has 8 aliphatic carbocycles. The Balaban J connectivity index is 0.993. The fourth-order valence-electron chi connectivity index (χ4n) is 14.2. The van der Waals surface area contributed by atoms with Crippen molar-refractivity contribution in [2.75, 3.05) is 0 Å². The van der Waals surface area contributed by atoms with Gasteiger partial charge in [0.05, 0.1) is 5.60 Å². The highest BCUT2D eigenvalue weighted by molar-refractivity contribution is 5.88. The van der Waals surface area contributed by atoms with Gasteiger partial charge in [0, 0.05) is 36.5 Å². The molecule has 6 fully saturated rings. The number of carbonyl (C=O) groups is 3. The molecular formula is C41H58O4.